The highest BCUT2D eigenvalue weighted by Crippen LogP contribution is 2.62. The van der Waals surface area contributed by atoms with Gasteiger partial charge in [0.25, 0.3) is 0 Å². The number of carbonyl (C=O) groups is 1. The standard InChI is InChI=1S/C21H24F16O2/c1-2-3-4-11-5-7-12(8-6-11)9-13(38)39-10-15(24,25)17(28,29)19(32,33)21(36,37)20(34,35)18(30,31)16(26,27)14(22)23/h11-12,14H,2-10H2,1H3/t11-,12-. The summed E-state index contributed by atoms with van der Waals surface area (Å²) in [5.74, 6) is -57.1. The molecule has 1 saturated carbocycles. The van der Waals surface area contributed by atoms with Crippen molar-refractivity contribution in [2.45, 2.75) is 106 Å². The van der Waals surface area contributed by atoms with Crippen molar-refractivity contribution in [3.05, 3.63) is 0 Å². The fourth-order valence-corrected chi connectivity index (χ4v) is 3.94. The Hall–Kier alpha value is -1.65. The summed E-state index contributed by atoms with van der Waals surface area (Å²) in [7, 11) is 0. The van der Waals surface area contributed by atoms with E-state index in [9.17, 15) is 75.0 Å². The Kier molecular flexibility index (Phi) is 10.6. The van der Waals surface area contributed by atoms with E-state index in [0.717, 1.165) is 19.3 Å². The third kappa shape index (κ3) is 6.32. The van der Waals surface area contributed by atoms with Crippen LogP contribution in [0, 0.1) is 11.8 Å². The molecule has 0 spiro atoms. The first kappa shape index (κ1) is 35.4. The van der Waals surface area contributed by atoms with Gasteiger partial charge in [-0.3, -0.25) is 4.79 Å². The number of halogens is 16. The third-order valence-corrected chi connectivity index (χ3v) is 6.53. The minimum atomic E-state index is -8.46. The highest BCUT2D eigenvalue weighted by molar-refractivity contribution is 5.69. The quantitative estimate of drug-likeness (QED) is 0.145. The molecule has 0 aromatic heterocycles. The van der Waals surface area contributed by atoms with E-state index in [0.29, 0.717) is 31.6 Å². The SMILES string of the molecule is CCCC[C@H]1CC[C@H](CC(=O)OCC(F)(F)C(F)(F)C(F)(F)C(F)(F)C(F)(F)C(F)(F)C(F)(F)C(F)F)CC1. The maximum absolute atomic E-state index is 13.8. The van der Waals surface area contributed by atoms with Crippen LogP contribution >= 0.6 is 0 Å². The molecule has 0 amide bonds. The Balaban J connectivity index is 3.04. The lowest BCUT2D eigenvalue weighted by Crippen LogP contribution is -2.74. The van der Waals surface area contributed by atoms with Crippen LogP contribution in [0.3, 0.4) is 0 Å². The Morgan fingerprint density at radius 1 is 0.692 bits per heavy atom. The molecule has 0 N–H and O–H groups in total. The van der Waals surface area contributed by atoms with Crippen molar-refractivity contribution in [1.29, 1.82) is 0 Å². The molecule has 232 valence electrons. The zero-order valence-corrected chi connectivity index (χ0v) is 20.0. The molecule has 1 rings (SSSR count). The summed E-state index contributed by atoms with van der Waals surface area (Å²) in [6.07, 6.45) is -1.93. The Morgan fingerprint density at radius 3 is 1.54 bits per heavy atom. The molecular weight excluding hydrogens is 588 g/mol. The first-order valence-corrected chi connectivity index (χ1v) is 11.4. The number of hydrogen-bond donors (Lipinski definition) is 0. The number of carbonyl (C=O) groups excluding carboxylic acids is 1. The molecule has 0 atom stereocenters. The molecule has 0 aromatic carbocycles. The fourth-order valence-electron chi connectivity index (χ4n) is 3.94. The molecule has 18 heteroatoms. The molecule has 0 aliphatic heterocycles. The van der Waals surface area contributed by atoms with E-state index < -0.39 is 72.8 Å². The van der Waals surface area contributed by atoms with Gasteiger partial charge >= 0.3 is 53.9 Å². The number of rotatable bonds is 14. The fraction of sp³-hybridized carbons (Fsp3) is 0.952. The van der Waals surface area contributed by atoms with Gasteiger partial charge in [0.15, 0.2) is 6.61 Å². The van der Waals surface area contributed by atoms with Gasteiger partial charge in [-0.25, -0.2) is 8.78 Å². The van der Waals surface area contributed by atoms with Crippen molar-refractivity contribution in [3.8, 4) is 0 Å². The van der Waals surface area contributed by atoms with Crippen molar-refractivity contribution in [3.63, 3.8) is 0 Å². The summed E-state index contributed by atoms with van der Waals surface area (Å²) in [6.45, 7) is -1.17. The van der Waals surface area contributed by atoms with Crippen molar-refractivity contribution in [1.82, 2.24) is 0 Å². The van der Waals surface area contributed by atoms with Gasteiger partial charge in [-0.1, -0.05) is 39.0 Å². The van der Waals surface area contributed by atoms with Crippen molar-refractivity contribution in [2.75, 3.05) is 6.61 Å². The molecular formula is C21H24F16O2. The summed E-state index contributed by atoms with van der Waals surface area (Å²) in [5.41, 5.74) is 0. The molecule has 0 saturated heterocycles. The Morgan fingerprint density at radius 2 is 1.10 bits per heavy atom. The van der Waals surface area contributed by atoms with Gasteiger partial charge in [0, 0.05) is 6.42 Å². The molecule has 2 nitrogen and oxygen atoms in total. The largest absolute Gasteiger partial charge is 0.459 e. The molecule has 0 bridgehead atoms. The summed E-state index contributed by atoms with van der Waals surface area (Å²) in [5, 5.41) is 0. The molecule has 0 aromatic rings. The van der Waals surface area contributed by atoms with Gasteiger partial charge in [0.2, 0.25) is 0 Å². The first-order valence-electron chi connectivity index (χ1n) is 11.4. The lowest BCUT2D eigenvalue weighted by Gasteiger charge is -2.42. The molecule has 1 aliphatic carbocycles. The molecule has 0 unspecified atom stereocenters. The molecule has 39 heavy (non-hydrogen) atoms. The van der Waals surface area contributed by atoms with Gasteiger partial charge in [-0.05, 0) is 24.7 Å². The summed E-state index contributed by atoms with van der Waals surface area (Å²) in [6, 6.07) is 0. The lowest BCUT2D eigenvalue weighted by molar-refractivity contribution is -0.447. The second kappa shape index (κ2) is 11.7. The second-order valence-electron chi connectivity index (χ2n) is 9.39. The smallest absolute Gasteiger partial charge is 0.385 e. The molecule has 0 radical (unpaired) electrons. The van der Waals surface area contributed by atoms with Gasteiger partial charge in [-0.15, -0.1) is 0 Å². The van der Waals surface area contributed by atoms with Gasteiger partial charge < -0.3 is 4.74 Å². The average molecular weight is 612 g/mol. The highest BCUT2D eigenvalue weighted by atomic mass is 19.4. The maximum Gasteiger partial charge on any atom is 0.385 e. The molecule has 1 fully saturated rings. The summed E-state index contributed by atoms with van der Waals surface area (Å²) in [4.78, 5) is 11.7. The van der Waals surface area contributed by atoms with E-state index in [1.165, 1.54) is 0 Å². The number of hydrogen-bond acceptors (Lipinski definition) is 2. The number of unbranched alkanes of at least 4 members (excludes halogenated alkanes) is 1. The van der Waals surface area contributed by atoms with Crippen LogP contribution in [0.5, 0.6) is 0 Å². The van der Waals surface area contributed by atoms with Crippen LogP contribution in [0.2, 0.25) is 0 Å². The number of ether oxygens (including phenoxy) is 1. The van der Waals surface area contributed by atoms with Gasteiger partial charge in [0.05, 0.1) is 0 Å². The van der Waals surface area contributed by atoms with Gasteiger partial charge in [-0.2, -0.15) is 61.5 Å². The van der Waals surface area contributed by atoms with Crippen LogP contribution < -0.4 is 0 Å². The maximum atomic E-state index is 13.8. The van der Waals surface area contributed by atoms with Crippen LogP contribution in [0.1, 0.15) is 58.3 Å². The van der Waals surface area contributed by atoms with Crippen molar-refractivity contribution in [2.24, 2.45) is 11.8 Å². The predicted molar refractivity (Wildman–Crippen MR) is 101 cm³/mol. The van der Waals surface area contributed by atoms with E-state index in [2.05, 4.69) is 4.74 Å². The van der Waals surface area contributed by atoms with E-state index in [1.807, 2.05) is 6.92 Å². The number of alkyl halides is 16. The first-order chi connectivity index (χ1) is 17.3. The minimum absolute atomic E-state index is 0.301. The predicted octanol–water partition coefficient (Wildman–Crippen LogP) is 8.63. The van der Waals surface area contributed by atoms with E-state index >= 15 is 0 Å². The van der Waals surface area contributed by atoms with Crippen LogP contribution in [0.15, 0.2) is 0 Å². The topological polar surface area (TPSA) is 26.3 Å². The van der Waals surface area contributed by atoms with Crippen LogP contribution in [-0.4, -0.2) is 60.5 Å². The second-order valence-corrected chi connectivity index (χ2v) is 9.39. The molecule has 1 aliphatic rings. The van der Waals surface area contributed by atoms with Crippen LogP contribution in [0.25, 0.3) is 0 Å². The minimum Gasteiger partial charge on any atom is -0.459 e. The normalized spacial score (nSPS) is 20.9. The van der Waals surface area contributed by atoms with E-state index in [1.54, 1.807) is 0 Å². The van der Waals surface area contributed by atoms with E-state index in [4.69, 9.17) is 0 Å². The highest BCUT2D eigenvalue weighted by Gasteiger charge is 2.93. The average Bonchev–Trinajstić information content (AvgIpc) is 2.81. The monoisotopic (exact) mass is 612 g/mol. The number of esters is 1. The zero-order valence-electron chi connectivity index (χ0n) is 20.0. The zero-order chi connectivity index (χ0) is 30.9. The third-order valence-electron chi connectivity index (χ3n) is 6.53. The molecule has 0 heterocycles. The summed E-state index contributed by atoms with van der Waals surface area (Å²) >= 11 is 0. The van der Waals surface area contributed by atoms with Crippen LogP contribution in [0.4, 0.5) is 70.2 Å². The van der Waals surface area contributed by atoms with Crippen LogP contribution in [-0.2, 0) is 9.53 Å². The lowest BCUT2D eigenvalue weighted by atomic mass is 9.78. The van der Waals surface area contributed by atoms with Gasteiger partial charge in [0.1, 0.15) is 0 Å². The van der Waals surface area contributed by atoms with Crippen molar-refractivity contribution < 1.29 is 79.8 Å². The Bertz CT molecular complexity index is 819. The van der Waals surface area contributed by atoms with E-state index in [-0.39, 0.29) is 0 Å². The Labute approximate surface area is 211 Å². The van der Waals surface area contributed by atoms with Crippen molar-refractivity contribution >= 4 is 5.97 Å². The summed E-state index contributed by atoms with van der Waals surface area (Å²) < 4.78 is 217.